The number of carbonyl (C=O) groups excluding carboxylic acids is 1. The number of nitrogens with zero attached hydrogens (tertiary/aromatic N) is 6. The average molecular weight is 583 g/mol. The molecule has 1 amide bonds. The molecule has 1 aliphatic heterocycles. The van der Waals surface area contributed by atoms with Crippen LogP contribution in [-0.4, -0.2) is 69.6 Å². The first-order chi connectivity index (χ1) is 19.6. The van der Waals surface area contributed by atoms with E-state index in [1.165, 1.54) is 50.2 Å². The number of rotatable bonds is 8. The van der Waals surface area contributed by atoms with Crippen molar-refractivity contribution in [2.45, 2.75) is 12.1 Å². The maximum Gasteiger partial charge on any atom is 0.259 e. The van der Waals surface area contributed by atoms with Crippen LogP contribution < -0.4 is 30.6 Å². The van der Waals surface area contributed by atoms with E-state index in [1.807, 2.05) is 24.2 Å². The summed E-state index contributed by atoms with van der Waals surface area (Å²) in [5, 5.41) is 11.1. The van der Waals surface area contributed by atoms with Gasteiger partial charge in [0.15, 0.2) is 17.4 Å². The largest absolute Gasteiger partial charge is 0.495 e. The molecule has 0 spiro atoms. The number of hydrogen-bond acceptors (Lipinski definition) is 9. The van der Waals surface area contributed by atoms with E-state index in [4.69, 9.17) is 21.1 Å². The number of methoxy groups -OCH3 is 2. The van der Waals surface area contributed by atoms with Crippen molar-refractivity contribution in [3.8, 4) is 22.6 Å². The zero-order valence-electron chi connectivity index (χ0n) is 22.8. The molecule has 3 aromatic heterocycles. The number of amides is 1. The fourth-order valence-electron chi connectivity index (χ4n) is 4.88. The lowest BCUT2D eigenvalue weighted by molar-refractivity contribution is -0.117. The quantitative estimate of drug-likeness (QED) is 0.301. The Labute approximate surface area is 239 Å². The van der Waals surface area contributed by atoms with Crippen molar-refractivity contribution < 1.29 is 18.7 Å². The van der Waals surface area contributed by atoms with Crippen LogP contribution in [0.25, 0.3) is 22.2 Å². The molecule has 41 heavy (non-hydrogen) atoms. The summed E-state index contributed by atoms with van der Waals surface area (Å²) in [5.41, 5.74) is -0.364. The van der Waals surface area contributed by atoms with Gasteiger partial charge in [-0.25, -0.2) is 9.37 Å². The highest BCUT2D eigenvalue weighted by Crippen LogP contribution is 2.41. The van der Waals surface area contributed by atoms with E-state index in [0.29, 0.717) is 24.1 Å². The lowest BCUT2D eigenvalue weighted by Gasteiger charge is -2.20. The Morgan fingerprint density at radius 3 is 2.59 bits per heavy atom. The van der Waals surface area contributed by atoms with Gasteiger partial charge in [0.1, 0.15) is 11.4 Å². The Morgan fingerprint density at radius 2 is 1.93 bits per heavy atom. The van der Waals surface area contributed by atoms with Crippen molar-refractivity contribution in [1.82, 2.24) is 29.6 Å². The summed E-state index contributed by atoms with van der Waals surface area (Å²) in [6, 6.07) is 4.10. The van der Waals surface area contributed by atoms with Gasteiger partial charge in [-0.1, -0.05) is 18.2 Å². The molecule has 0 radical (unpaired) electrons. The summed E-state index contributed by atoms with van der Waals surface area (Å²) >= 11 is 6.44. The molecule has 14 heteroatoms. The molecular weight excluding hydrogens is 555 g/mol. The highest BCUT2D eigenvalue weighted by Gasteiger charge is 2.35. The molecule has 0 bridgehead atoms. The Balaban J connectivity index is 1.51. The number of hydrogen-bond donors (Lipinski definition) is 2. The van der Waals surface area contributed by atoms with Gasteiger partial charge < -0.3 is 25.0 Å². The Bertz CT molecular complexity index is 1690. The van der Waals surface area contributed by atoms with Crippen LogP contribution in [0.3, 0.4) is 0 Å². The normalized spacial score (nSPS) is 16.6. The van der Waals surface area contributed by atoms with E-state index in [0.717, 1.165) is 5.82 Å². The number of ether oxygens (including phenoxy) is 2. The molecule has 5 rings (SSSR count). The van der Waals surface area contributed by atoms with Crippen LogP contribution in [0.2, 0.25) is 5.02 Å². The van der Waals surface area contributed by atoms with Gasteiger partial charge in [0.25, 0.3) is 5.56 Å². The Kier molecular flexibility index (Phi) is 7.54. The maximum absolute atomic E-state index is 15.3. The monoisotopic (exact) mass is 582 g/mol. The average Bonchev–Trinajstić information content (AvgIpc) is 3.57. The molecular formula is C27H28ClFN8O4. The van der Waals surface area contributed by atoms with E-state index in [-0.39, 0.29) is 51.6 Å². The second-order valence-corrected chi connectivity index (χ2v) is 9.88. The summed E-state index contributed by atoms with van der Waals surface area (Å²) in [5.74, 6) is -0.0393. The van der Waals surface area contributed by atoms with E-state index in [2.05, 4.69) is 32.3 Å². The molecule has 1 aliphatic rings. The molecule has 2 atom stereocenters. The lowest BCUT2D eigenvalue weighted by Crippen LogP contribution is -2.45. The molecule has 4 aromatic rings. The second-order valence-electron chi connectivity index (χ2n) is 9.50. The van der Waals surface area contributed by atoms with Crippen LogP contribution in [0, 0.1) is 5.82 Å². The van der Waals surface area contributed by atoms with Gasteiger partial charge in [-0.05, 0) is 12.1 Å². The molecule has 12 nitrogen and oxygen atoms in total. The first kappa shape index (κ1) is 27.9. The standard InChI is InChI=1S/C27H28ClFN8O4/c1-6-21(38)31-16-12-37(20-7-8-35(2)34-20)13-17(16)32-27-30-11-14-9-15(26(39)36(3)25(14)33-27)22-23(28)18(40-4)10-19(41-5)24(22)29/h6-11,16-17H,1,12-13H2,2-5H3,(H,31,38)(H,30,32,33)/t16-,17+/m0/s1. The second kappa shape index (κ2) is 11.1. The summed E-state index contributed by atoms with van der Waals surface area (Å²) in [7, 11) is 6.05. The predicted octanol–water partition coefficient (Wildman–Crippen LogP) is 2.51. The predicted molar refractivity (Wildman–Crippen MR) is 153 cm³/mol. The van der Waals surface area contributed by atoms with Crippen molar-refractivity contribution in [2.24, 2.45) is 14.1 Å². The van der Waals surface area contributed by atoms with Gasteiger partial charge in [0.05, 0.1) is 36.9 Å². The lowest BCUT2D eigenvalue weighted by atomic mass is 10.0. The van der Waals surface area contributed by atoms with Gasteiger partial charge in [0.2, 0.25) is 11.9 Å². The molecule has 0 aliphatic carbocycles. The van der Waals surface area contributed by atoms with Crippen LogP contribution in [0.15, 0.2) is 48.0 Å². The topological polar surface area (TPSA) is 128 Å². The third-order valence-electron chi connectivity index (χ3n) is 6.96. The number of anilines is 2. The van der Waals surface area contributed by atoms with Gasteiger partial charge in [-0.2, -0.15) is 10.1 Å². The van der Waals surface area contributed by atoms with E-state index in [9.17, 15) is 9.59 Å². The number of halogens is 2. The minimum Gasteiger partial charge on any atom is -0.495 e. The number of nitrogens with one attached hydrogen (secondary N) is 2. The van der Waals surface area contributed by atoms with E-state index in [1.54, 1.807) is 4.68 Å². The van der Waals surface area contributed by atoms with Gasteiger partial charge in [-0.15, -0.1) is 0 Å². The Morgan fingerprint density at radius 1 is 1.20 bits per heavy atom. The maximum atomic E-state index is 15.3. The summed E-state index contributed by atoms with van der Waals surface area (Å²) in [6.45, 7) is 4.55. The fourth-order valence-corrected chi connectivity index (χ4v) is 5.20. The molecule has 214 valence electrons. The minimum atomic E-state index is -0.791. The van der Waals surface area contributed by atoms with Crippen LogP contribution in [0.1, 0.15) is 0 Å². The molecule has 0 unspecified atom stereocenters. The van der Waals surface area contributed by atoms with Crippen LogP contribution in [0.4, 0.5) is 16.2 Å². The van der Waals surface area contributed by atoms with Crippen molar-refractivity contribution >= 4 is 40.3 Å². The molecule has 1 saturated heterocycles. The van der Waals surface area contributed by atoms with Gasteiger partial charge >= 0.3 is 0 Å². The smallest absolute Gasteiger partial charge is 0.259 e. The third-order valence-corrected chi connectivity index (χ3v) is 7.34. The molecule has 0 saturated carbocycles. The molecule has 1 fully saturated rings. The third kappa shape index (κ3) is 5.15. The number of pyridine rings is 1. The summed E-state index contributed by atoms with van der Waals surface area (Å²) in [4.78, 5) is 36.6. The number of fused-ring (bicyclic) bond motifs is 1. The first-order valence-corrected chi connectivity index (χ1v) is 12.9. The van der Waals surface area contributed by atoms with Crippen molar-refractivity contribution in [3.63, 3.8) is 0 Å². The highest BCUT2D eigenvalue weighted by atomic mass is 35.5. The van der Waals surface area contributed by atoms with Gasteiger partial charge in [0, 0.05) is 62.7 Å². The first-order valence-electron chi connectivity index (χ1n) is 12.6. The fraction of sp³-hybridized carbons (Fsp3) is 0.296. The zero-order valence-corrected chi connectivity index (χ0v) is 23.6. The number of aryl methyl sites for hydroxylation is 2. The van der Waals surface area contributed by atoms with E-state index >= 15 is 4.39 Å². The minimum absolute atomic E-state index is 0.00185. The number of carbonyl (C=O) groups is 1. The zero-order chi connectivity index (χ0) is 29.4. The van der Waals surface area contributed by atoms with Crippen LogP contribution in [-0.2, 0) is 18.9 Å². The Hall–Kier alpha value is -4.65. The summed E-state index contributed by atoms with van der Waals surface area (Å²) < 4.78 is 28.7. The van der Waals surface area contributed by atoms with Crippen molar-refractivity contribution in [2.75, 3.05) is 37.5 Å². The highest BCUT2D eigenvalue weighted by molar-refractivity contribution is 6.35. The molecule has 4 heterocycles. The van der Waals surface area contributed by atoms with Crippen LogP contribution in [0.5, 0.6) is 11.5 Å². The SMILES string of the molecule is C=CC(=O)N[C@H]1CN(c2ccn(C)n2)C[C@H]1Nc1ncc2cc(-c3c(F)c(OC)cc(OC)c3Cl)c(=O)n(C)c2n1. The number of aromatic nitrogens is 5. The number of benzene rings is 1. The van der Waals surface area contributed by atoms with Crippen molar-refractivity contribution in [1.29, 1.82) is 0 Å². The summed E-state index contributed by atoms with van der Waals surface area (Å²) in [6.07, 6.45) is 4.59. The molecule has 1 aromatic carbocycles. The molecule has 2 N–H and O–H groups in total. The van der Waals surface area contributed by atoms with Crippen molar-refractivity contribution in [3.05, 3.63) is 64.4 Å². The van der Waals surface area contributed by atoms with Gasteiger partial charge in [-0.3, -0.25) is 18.8 Å². The van der Waals surface area contributed by atoms with E-state index < -0.39 is 11.4 Å². The van der Waals surface area contributed by atoms with Crippen LogP contribution >= 0.6 is 11.6 Å².